The molecular weight excluding hydrogens is 336 g/mol. The Morgan fingerprint density at radius 3 is 2.04 bits per heavy atom. The Labute approximate surface area is 151 Å². The summed E-state index contributed by atoms with van der Waals surface area (Å²) in [7, 11) is 0. The van der Waals surface area contributed by atoms with E-state index in [4.69, 9.17) is 33.5 Å². The molecule has 0 aromatic rings. The van der Waals surface area contributed by atoms with Gasteiger partial charge in [-0.1, -0.05) is 23.8 Å². The molecule has 132 valence electrons. The number of ketones is 1. The quantitative estimate of drug-likeness (QED) is 0.364. The fourth-order valence-corrected chi connectivity index (χ4v) is 1.87. The van der Waals surface area contributed by atoms with Gasteiger partial charge in [-0.05, 0) is 18.6 Å². The lowest BCUT2D eigenvalue weighted by atomic mass is 10.1. The number of carbonyl (C=O) groups excluding carboxylic acids is 3. The predicted octanol–water partition coefficient (Wildman–Crippen LogP) is 0.741. The number of rotatable bonds is 8. The Bertz CT molecular complexity index is 790. The van der Waals surface area contributed by atoms with Crippen molar-refractivity contribution in [2.45, 2.75) is 6.42 Å². The fourth-order valence-electron chi connectivity index (χ4n) is 1.87. The first-order valence-corrected chi connectivity index (χ1v) is 7.41. The average Bonchev–Trinajstić information content (AvgIpc) is 2.87. The minimum Gasteiger partial charge on any atom is -0.449 e. The standard InChI is InChI=1S/C20H16O6/c1-4-9-24-14-18(21)15-7-8-16(19(22)25-10-5-2)13-17(12-15)20(23)26-11-6-3/h1-3,8,12-13H,7,9-11,14H2. The fraction of sp³-hybridized carbons (Fsp3) is 0.250. The second-order valence-corrected chi connectivity index (χ2v) is 4.81. The highest BCUT2D eigenvalue weighted by atomic mass is 16.5. The van der Waals surface area contributed by atoms with E-state index >= 15 is 0 Å². The van der Waals surface area contributed by atoms with Crippen molar-refractivity contribution in [2.24, 2.45) is 0 Å². The Hall–Kier alpha value is -3.53. The van der Waals surface area contributed by atoms with Crippen molar-refractivity contribution in [3.8, 4) is 37.0 Å². The molecule has 1 rings (SSSR count). The van der Waals surface area contributed by atoms with Gasteiger partial charge in [-0.2, -0.15) is 0 Å². The number of carbonyl (C=O) groups is 3. The number of esters is 2. The molecule has 0 spiro atoms. The van der Waals surface area contributed by atoms with Crippen LogP contribution in [-0.4, -0.2) is 44.1 Å². The van der Waals surface area contributed by atoms with E-state index in [0.717, 1.165) is 0 Å². The molecule has 0 aliphatic heterocycles. The topological polar surface area (TPSA) is 78.9 Å². The number of terminal acetylenes is 3. The van der Waals surface area contributed by atoms with Crippen molar-refractivity contribution in [1.82, 2.24) is 0 Å². The molecule has 0 aromatic carbocycles. The van der Waals surface area contributed by atoms with E-state index in [2.05, 4.69) is 17.8 Å². The molecule has 0 fully saturated rings. The highest BCUT2D eigenvalue weighted by Crippen LogP contribution is 2.20. The summed E-state index contributed by atoms with van der Waals surface area (Å²) in [4.78, 5) is 36.3. The number of hydrogen-bond donors (Lipinski definition) is 0. The van der Waals surface area contributed by atoms with Gasteiger partial charge < -0.3 is 14.2 Å². The number of Topliss-reactive ketones (excluding diaryl/α,β-unsaturated/α-hetero) is 1. The summed E-state index contributed by atoms with van der Waals surface area (Å²) in [6, 6.07) is 0. The van der Waals surface area contributed by atoms with Gasteiger partial charge in [0.05, 0.1) is 11.1 Å². The third-order valence-electron chi connectivity index (χ3n) is 3.00. The van der Waals surface area contributed by atoms with Gasteiger partial charge in [0.2, 0.25) is 0 Å². The Balaban J connectivity index is 3.07. The van der Waals surface area contributed by atoms with Gasteiger partial charge in [0.1, 0.15) is 13.2 Å². The molecule has 0 N–H and O–H groups in total. The lowest BCUT2D eigenvalue weighted by molar-refractivity contribution is -0.137. The van der Waals surface area contributed by atoms with Crippen LogP contribution < -0.4 is 0 Å². The number of allylic oxidation sites excluding steroid dienone is 1. The van der Waals surface area contributed by atoms with Crippen LogP contribution in [0.1, 0.15) is 6.42 Å². The van der Waals surface area contributed by atoms with E-state index in [1.807, 2.05) is 0 Å². The van der Waals surface area contributed by atoms with Crippen LogP contribution >= 0.6 is 0 Å². The first kappa shape index (κ1) is 20.5. The summed E-state index contributed by atoms with van der Waals surface area (Å²) in [6.07, 6.45) is 19.3. The first-order chi connectivity index (χ1) is 12.5. The lowest BCUT2D eigenvalue weighted by Gasteiger charge is -2.05. The van der Waals surface area contributed by atoms with Crippen molar-refractivity contribution in [3.63, 3.8) is 0 Å². The molecule has 0 saturated carbocycles. The van der Waals surface area contributed by atoms with Gasteiger partial charge in [0.15, 0.2) is 19.0 Å². The summed E-state index contributed by atoms with van der Waals surface area (Å²) in [5.74, 6) is 4.68. The number of ether oxygens (including phenoxy) is 3. The molecule has 1 aliphatic rings. The van der Waals surface area contributed by atoms with Crippen LogP contribution in [0.2, 0.25) is 0 Å². The average molecular weight is 352 g/mol. The molecule has 0 radical (unpaired) electrons. The van der Waals surface area contributed by atoms with Crippen molar-refractivity contribution in [1.29, 1.82) is 0 Å². The van der Waals surface area contributed by atoms with Gasteiger partial charge in [0, 0.05) is 5.57 Å². The van der Waals surface area contributed by atoms with Crippen LogP contribution in [0, 0.1) is 37.0 Å². The van der Waals surface area contributed by atoms with E-state index in [9.17, 15) is 14.4 Å². The van der Waals surface area contributed by atoms with E-state index in [1.54, 1.807) is 0 Å². The Morgan fingerprint density at radius 2 is 1.46 bits per heavy atom. The monoisotopic (exact) mass is 352 g/mol. The van der Waals surface area contributed by atoms with Crippen molar-refractivity contribution in [3.05, 3.63) is 34.9 Å². The zero-order valence-corrected chi connectivity index (χ0v) is 13.9. The van der Waals surface area contributed by atoms with Crippen molar-refractivity contribution >= 4 is 17.7 Å². The SMILES string of the molecule is C#CCOCC(=O)C1=CC(C(=O)OCC#C)=CC(C(=O)OCC#C)=CC1. The van der Waals surface area contributed by atoms with Crippen LogP contribution in [0.3, 0.4) is 0 Å². The number of hydrogen-bond acceptors (Lipinski definition) is 6. The Morgan fingerprint density at radius 1 is 0.885 bits per heavy atom. The zero-order chi connectivity index (χ0) is 19.4. The maximum atomic E-state index is 12.2. The van der Waals surface area contributed by atoms with Gasteiger partial charge in [-0.15, -0.1) is 19.3 Å². The van der Waals surface area contributed by atoms with Crippen LogP contribution in [0.25, 0.3) is 0 Å². The first-order valence-electron chi connectivity index (χ1n) is 7.41. The summed E-state index contributed by atoms with van der Waals surface area (Å²) in [5.41, 5.74) is 0.282. The van der Waals surface area contributed by atoms with Gasteiger partial charge in [0.25, 0.3) is 0 Å². The molecule has 1 aliphatic carbocycles. The third-order valence-corrected chi connectivity index (χ3v) is 3.00. The summed E-state index contributed by atoms with van der Waals surface area (Å²) >= 11 is 0. The molecule has 0 aromatic heterocycles. The smallest absolute Gasteiger partial charge is 0.339 e. The molecule has 6 nitrogen and oxygen atoms in total. The molecule has 0 unspecified atom stereocenters. The summed E-state index contributed by atoms with van der Waals surface area (Å²) in [5, 5.41) is 0. The maximum absolute atomic E-state index is 12.2. The zero-order valence-electron chi connectivity index (χ0n) is 13.9. The summed E-state index contributed by atoms with van der Waals surface area (Å²) < 4.78 is 14.7. The molecule has 26 heavy (non-hydrogen) atoms. The van der Waals surface area contributed by atoms with Crippen LogP contribution in [0.4, 0.5) is 0 Å². The second kappa shape index (κ2) is 11.1. The van der Waals surface area contributed by atoms with Crippen LogP contribution in [0.15, 0.2) is 34.9 Å². The minimum atomic E-state index is -0.782. The van der Waals surface area contributed by atoms with E-state index in [1.165, 1.54) is 18.2 Å². The normalized spacial score (nSPS) is 12.7. The van der Waals surface area contributed by atoms with E-state index in [0.29, 0.717) is 0 Å². The van der Waals surface area contributed by atoms with E-state index in [-0.39, 0.29) is 55.4 Å². The van der Waals surface area contributed by atoms with Crippen molar-refractivity contribution in [2.75, 3.05) is 26.4 Å². The van der Waals surface area contributed by atoms with Gasteiger partial charge in [-0.3, -0.25) is 4.79 Å². The van der Waals surface area contributed by atoms with E-state index < -0.39 is 11.9 Å². The highest BCUT2D eigenvalue weighted by Gasteiger charge is 2.20. The largest absolute Gasteiger partial charge is 0.449 e. The second-order valence-electron chi connectivity index (χ2n) is 4.81. The molecule has 0 saturated heterocycles. The molecule has 0 amide bonds. The van der Waals surface area contributed by atoms with Gasteiger partial charge >= 0.3 is 11.9 Å². The molecule has 6 heteroatoms. The molecule has 0 heterocycles. The molecule has 0 atom stereocenters. The maximum Gasteiger partial charge on any atom is 0.339 e. The lowest BCUT2D eigenvalue weighted by Crippen LogP contribution is -2.13. The summed E-state index contributed by atoms with van der Waals surface area (Å²) in [6.45, 7) is -0.752. The highest BCUT2D eigenvalue weighted by molar-refractivity contribution is 6.03. The third kappa shape index (κ3) is 6.53. The predicted molar refractivity (Wildman–Crippen MR) is 93.1 cm³/mol. The van der Waals surface area contributed by atoms with Gasteiger partial charge in [-0.25, -0.2) is 9.59 Å². The van der Waals surface area contributed by atoms with Crippen LogP contribution in [0.5, 0.6) is 0 Å². The van der Waals surface area contributed by atoms with Crippen molar-refractivity contribution < 1.29 is 28.6 Å². The molecular formula is C20H16O6. The van der Waals surface area contributed by atoms with Crippen LogP contribution in [-0.2, 0) is 28.6 Å². The minimum absolute atomic E-state index is 0.0224. The Kier molecular flexibility index (Phi) is 8.76. The molecule has 0 bridgehead atoms.